The molecule has 0 fully saturated rings. The first-order valence-electron chi connectivity index (χ1n) is 6.70. The Kier molecular flexibility index (Phi) is 7.02. The zero-order valence-electron chi connectivity index (χ0n) is 13.2. The molecule has 6 nitrogen and oxygen atoms in total. The van der Waals surface area contributed by atoms with Crippen LogP contribution in [0.25, 0.3) is 0 Å². The Morgan fingerprint density at radius 2 is 1.38 bits per heavy atom. The van der Waals surface area contributed by atoms with Gasteiger partial charge in [-0.2, -0.15) is 0 Å². The number of rotatable bonds is 9. The van der Waals surface area contributed by atoms with Crippen LogP contribution < -0.4 is 14.2 Å². The molecule has 0 saturated carbocycles. The standard InChI is InChI=1S/C14H23O6P/c1-6-19-21(15,20-7-2)10-11-8-12(16-3)14(18-5)13(9-11)17-4/h8-9H,6-7,10H2,1-5H3. The van der Waals surface area contributed by atoms with Crippen molar-refractivity contribution in [3.05, 3.63) is 17.7 Å². The van der Waals surface area contributed by atoms with E-state index in [-0.39, 0.29) is 6.16 Å². The van der Waals surface area contributed by atoms with Crippen LogP contribution in [0.4, 0.5) is 0 Å². The van der Waals surface area contributed by atoms with Crippen molar-refractivity contribution in [3.63, 3.8) is 0 Å². The minimum Gasteiger partial charge on any atom is -0.493 e. The van der Waals surface area contributed by atoms with E-state index in [0.717, 1.165) is 5.56 Å². The molecule has 0 radical (unpaired) electrons. The molecule has 0 aliphatic rings. The van der Waals surface area contributed by atoms with Crippen molar-refractivity contribution >= 4 is 7.60 Å². The predicted octanol–water partition coefficient (Wildman–Crippen LogP) is 3.48. The second kappa shape index (κ2) is 8.27. The Bertz CT molecular complexity index is 467. The van der Waals surface area contributed by atoms with Crippen LogP contribution in [0.1, 0.15) is 19.4 Å². The van der Waals surface area contributed by atoms with Gasteiger partial charge in [-0.25, -0.2) is 0 Å². The smallest absolute Gasteiger partial charge is 0.335 e. The van der Waals surface area contributed by atoms with Gasteiger partial charge in [-0.3, -0.25) is 4.57 Å². The Hall–Kier alpha value is -1.23. The highest BCUT2D eigenvalue weighted by Crippen LogP contribution is 2.52. The highest BCUT2D eigenvalue weighted by Gasteiger charge is 2.26. The minimum atomic E-state index is -3.18. The second-order valence-electron chi connectivity index (χ2n) is 4.14. The van der Waals surface area contributed by atoms with Gasteiger partial charge >= 0.3 is 7.60 Å². The van der Waals surface area contributed by atoms with Gasteiger partial charge < -0.3 is 23.3 Å². The summed E-state index contributed by atoms with van der Waals surface area (Å²) >= 11 is 0. The van der Waals surface area contributed by atoms with Crippen LogP contribution in [-0.4, -0.2) is 34.5 Å². The summed E-state index contributed by atoms with van der Waals surface area (Å²) in [6.07, 6.45) is 0.144. The number of hydrogen-bond donors (Lipinski definition) is 0. The van der Waals surface area contributed by atoms with E-state index in [1.54, 1.807) is 26.0 Å². The van der Waals surface area contributed by atoms with Crippen LogP contribution in [0.2, 0.25) is 0 Å². The molecule has 0 saturated heterocycles. The van der Waals surface area contributed by atoms with Crippen molar-refractivity contribution in [2.45, 2.75) is 20.0 Å². The van der Waals surface area contributed by atoms with Crippen LogP contribution in [0.5, 0.6) is 17.2 Å². The van der Waals surface area contributed by atoms with Gasteiger partial charge in [-0.1, -0.05) is 0 Å². The summed E-state index contributed by atoms with van der Waals surface area (Å²) < 4.78 is 39.0. The lowest BCUT2D eigenvalue weighted by Crippen LogP contribution is -2.01. The molecule has 0 N–H and O–H groups in total. The van der Waals surface area contributed by atoms with E-state index in [4.69, 9.17) is 23.3 Å². The maximum Gasteiger partial charge on any atom is 0.335 e. The summed E-state index contributed by atoms with van der Waals surface area (Å²) in [7, 11) is 1.42. The van der Waals surface area contributed by atoms with Gasteiger partial charge in [0.2, 0.25) is 5.75 Å². The molecule has 7 heteroatoms. The monoisotopic (exact) mass is 318 g/mol. The number of methoxy groups -OCH3 is 3. The highest BCUT2D eigenvalue weighted by molar-refractivity contribution is 7.53. The molecular weight excluding hydrogens is 295 g/mol. The normalized spacial score (nSPS) is 11.3. The molecule has 0 aliphatic heterocycles. The molecule has 120 valence electrons. The van der Waals surface area contributed by atoms with E-state index in [9.17, 15) is 4.57 Å². The van der Waals surface area contributed by atoms with Gasteiger partial charge in [0.05, 0.1) is 40.7 Å². The van der Waals surface area contributed by atoms with Gasteiger partial charge in [0.1, 0.15) is 0 Å². The molecule has 21 heavy (non-hydrogen) atoms. The number of hydrogen-bond acceptors (Lipinski definition) is 6. The number of ether oxygens (including phenoxy) is 3. The maximum atomic E-state index is 12.6. The number of benzene rings is 1. The third-order valence-corrected chi connectivity index (χ3v) is 4.81. The van der Waals surface area contributed by atoms with Crippen molar-refractivity contribution in [2.75, 3.05) is 34.5 Å². The van der Waals surface area contributed by atoms with E-state index in [0.29, 0.717) is 30.5 Å². The molecule has 0 heterocycles. The van der Waals surface area contributed by atoms with E-state index >= 15 is 0 Å². The van der Waals surface area contributed by atoms with Crippen molar-refractivity contribution in [2.24, 2.45) is 0 Å². The Morgan fingerprint density at radius 1 is 0.905 bits per heavy atom. The van der Waals surface area contributed by atoms with Gasteiger partial charge in [-0.05, 0) is 31.5 Å². The lowest BCUT2D eigenvalue weighted by atomic mass is 10.2. The third-order valence-electron chi connectivity index (χ3n) is 2.75. The topological polar surface area (TPSA) is 63.2 Å². The van der Waals surface area contributed by atoms with E-state index in [1.807, 2.05) is 0 Å². The first-order chi connectivity index (χ1) is 10.0. The summed E-state index contributed by atoms with van der Waals surface area (Å²) in [5.41, 5.74) is 0.731. The lowest BCUT2D eigenvalue weighted by molar-refractivity contribution is 0.219. The van der Waals surface area contributed by atoms with Gasteiger partial charge in [0.25, 0.3) is 0 Å². The molecule has 0 atom stereocenters. The first-order valence-corrected chi connectivity index (χ1v) is 8.43. The summed E-state index contributed by atoms with van der Waals surface area (Å²) in [5.74, 6) is 1.50. The molecule has 1 aromatic carbocycles. The summed E-state index contributed by atoms with van der Waals surface area (Å²) in [4.78, 5) is 0. The zero-order valence-corrected chi connectivity index (χ0v) is 14.1. The molecule has 0 aromatic heterocycles. The van der Waals surface area contributed by atoms with Crippen LogP contribution >= 0.6 is 7.60 Å². The van der Waals surface area contributed by atoms with Crippen molar-refractivity contribution < 1.29 is 27.8 Å². The Morgan fingerprint density at radius 3 is 1.71 bits per heavy atom. The molecule has 0 amide bonds. The van der Waals surface area contributed by atoms with Crippen LogP contribution in [-0.2, 0) is 19.8 Å². The minimum absolute atomic E-state index is 0.144. The summed E-state index contributed by atoms with van der Waals surface area (Å²) in [5, 5.41) is 0. The zero-order chi connectivity index (χ0) is 15.9. The Balaban J connectivity index is 3.15. The van der Waals surface area contributed by atoms with E-state index in [1.165, 1.54) is 21.3 Å². The molecular formula is C14H23O6P. The molecule has 0 aliphatic carbocycles. The van der Waals surface area contributed by atoms with Crippen LogP contribution in [0, 0.1) is 0 Å². The summed E-state index contributed by atoms with van der Waals surface area (Å²) in [6, 6.07) is 3.48. The SMILES string of the molecule is CCOP(=O)(Cc1cc(OC)c(OC)c(OC)c1)OCC. The van der Waals surface area contributed by atoms with Crippen molar-refractivity contribution in [3.8, 4) is 17.2 Å². The molecule has 1 aromatic rings. The van der Waals surface area contributed by atoms with Gasteiger partial charge in [-0.15, -0.1) is 0 Å². The average molecular weight is 318 g/mol. The van der Waals surface area contributed by atoms with E-state index < -0.39 is 7.60 Å². The fraction of sp³-hybridized carbons (Fsp3) is 0.571. The Labute approximate surface area is 125 Å². The van der Waals surface area contributed by atoms with Crippen molar-refractivity contribution in [1.82, 2.24) is 0 Å². The summed E-state index contributed by atoms with van der Waals surface area (Å²) in [6.45, 7) is 4.20. The molecule has 1 rings (SSSR count). The van der Waals surface area contributed by atoms with Crippen LogP contribution in [0.3, 0.4) is 0 Å². The average Bonchev–Trinajstić information content (AvgIpc) is 2.46. The maximum absolute atomic E-state index is 12.6. The third kappa shape index (κ3) is 4.63. The first kappa shape index (κ1) is 17.8. The second-order valence-corrected chi connectivity index (χ2v) is 6.19. The predicted molar refractivity (Wildman–Crippen MR) is 80.7 cm³/mol. The fourth-order valence-corrected chi connectivity index (χ4v) is 3.65. The highest BCUT2D eigenvalue weighted by atomic mass is 31.2. The fourth-order valence-electron chi connectivity index (χ4n) is 1.97. The van der Waals surface area contributed by atoms with Gasteiger partial charge in [0, 0.05) is 0 Å². The van der Waals surface area contributed by atoms with Gasteiger partial charge in [0.15, 0.2) is 11.5 Å². The molecule has 0 unspecified atom stereocenters. The molecule has 0 bridgehead atoms. The quantitative estimate of drug-likeness (QED) is 0.650. The molecule has 0 spiro atoms. The van der Waals surface area contributed by atoms with Crippen LogP contribution in [0.15, 0.2) is 12.1 Å². The van der Waals surface area contributed by atoms with Crippen molar-refractivity contribution in [1.29, 1.82) is 0 Å². The largest absolute Gasteiger partial charge is 0.493 e. The van der Waals surface area contributed by atoms with E-state index in [2.05, 4.69) is 0 Å². The lowest BCUT2D eigenvalue weighted by Gasteiger charge is -2.19.